The number of benzene rings is 1. The van der Waals surface area contributed by atoms with Crippen LogP contribution in [0.4, 0.5) is 11.4 Å². The molecule has 186 valence electrons. The van der Waals surface area contributed by atoms with Gasteiger partial charge in [-0.2, -0.15) is 0 Å². The van der Waals surface area contributed by atoms with Crippen molar-refractivity contribution in [1.29, 1.82) is 0 Å². The Bertz CT molecular complexity index is 1340. The highest BCUT2D eigenvalue weighted by molar-refractivity contribution is 6.12. The number of rotatable bonds is 5. The minimum Gasteiger partial charge on any atom is -0.381 e. The molecule has 1 N–H and O–H groups in total. The number of imidazole rings is 1. The fourth-order valence-electron chi connectivity index (χ4n) is 5.22. The lowest BCUT2D eigenvalue weighted by molar-refractivity contribution is 0.0702. The molecule has 2 amide bonds. The second-order valence-electron chi connectivity index (χ2n) is 9.90. The molecule has 1 fully saturated rings. The van der Waals surface area contributed by atoms with Gasteiger partial charge in [0.15, 0.2) is 5.82 Å². The van der Waals surface area contributed by atoms with Crippen molar-refractivity contribution < 1.29 is 9.59 Å². The van der Waals surface area contributed by atoms with Crippen LogP contribution in [-0.4, -0.2) is 63.6 Å². The zero-order chi connectivity index (χ0) is 25.4. The average molecular weight is 486 g/mol. The molecule has 1 aromatic carbocycles. The van der Waals surface area contributed by atoms with E-state index in [1.54, 1.807) is 42.6 Å². The van der Waals surface area contributed by atoms with E-state index in [-0.39, 0.29) is 17.9 Å². The molecule has 0 radical (unpaired) electrons. The van der Waals surface area contributed by atoms with E-state index in [4.69, 9.17) is 0 Å². The number of likely N-dealkylation sites (tertiary alicyclic amines) is 1. The van der Waals surface area contributed by atoms with E-state index in [9.17, 15) is 9.59 Å². The Morgan fingerprint density at radius 3 is 2.67 bits per heavy atom. The molecule has 5 rings (SSSR count). The van der Waals surface area contributed by atoms with E-state index in [0.29, 0.717) is 24.5 Å². The van der Waals surface area contributed by atoms with Crippen LogP contribution >= 0.6 is 0 Å². The molecule has 0 spiro atoms. The summed E-state index contributed by atoms with van der Waals surface area (Å²) in [6.07, 6.45) is 10.4. The Morgan fingerprint density at radius 2 is 1.97 bits per heavy atom. The van der Waals surface area contributed by atoms with Crippen molar-refractivity contribution in [2.45, 2.75) is 38.3 Å². The molecule has 0 aliphatic carbocycles. The van der Waals surface area contributed by atoms with E-state index >= 15 is 0 Å². The minimum absolute atomic E-state index is 0.0324. The number of hydrogen-bond acceptors (Lipinski definition) is 6. The van der Waals surface area contributed by atoms with E-state index in [2.05, 4.69) is 34.1 Å². The maximum Gasteiger partial charge on any atom is 0.289 e. The maximum absolute atomic E-state index is 13.4. The van der Waals surface area contributed by atoms with Crippen molar-refractivity contribution in [1.82, 2.24) is 19.4 Å². The quantitative estimate of drug-likeness (QED) is 0.559. The van der Waals surface area contributed by atoms with Gasteiger partial charge in [0, 0.05) is 57.4 Å². The number of carbonyl (C=O) groups excluding carboxylic acids is 2. The number of anilines is 2. The average Bonchev–Trinajstić information content (AvgIpc) is 3.37. The summed E-state index contributed by atoms with van der Waals surface area (Å²) in [5.74, 6) is 0.397. The number of fused-ring (bicyclic) bond motifs is 1. The highest BCUT2D eigenvalue weighted by Gasteiger charge is 2.44. The summed E-state index contributed by atoms with van der Waals surface area (Å²) in [6, 6.07) is 8.04. The van der Waals surface area contributed by atoms with Crippen LogP contribution in [0.15, 0.2) is 54.0 Å². The molecule has 4 heterocycles. The molecule has 9 nitrogen and oxygen atoms in total. The number of hydrogen-bond donors (Lipinski definition) is 1. The van der Waals surface area contributed by atoms with Gasteiger partial charge < -0.3 is 14.8 Å². The summed E-state index contributed by atoms with van der Waals surface area (Å²) in [7, 11) is 3.57. The summed E-state index contributed by atoms with van der Waals surface area (Å²) < 4.78 is 1.75. The first-order valence-corrected chi connectivity index (χ1v) is 12.2. The highest BCUT2D eigenvalue weighted by atomic mass is 16.2. The summed E-state index contributed by atoms with van der Waals surface area (Å²) in [6.45, 7) is 5.43. The number of nitrogens with one attached hydrogen (secondary N) is 1. The van der Waals surface area contributed by atoms with Crippen LogP contribution in [0.5, 0.6) is 0 Å². The third-order valence-corrected chi connectivity index (χ3v) is 7.12. The third-order valence-electron chi connectivity index (χ3n) is 7.12. The number of aliphatic imine (C=N–C) groups is 1. The number of piperidine rings is 1. The number of amides is 2. The number of aryl methyl sites for hydroxylation is 1. The summed E-state index contributed by atoms with van der Waals surface area (Å²) >= 11 is 0. The third kappa shape index (κ3) is 4.14. The van der Waals surface area contributed by atoms with Crippen LogP contribution in [0.1, 0.15) is 58.8 Å². The zero-order valence-electron chi connectivity index (χ0n) is 21.1. The maximum atomic E-state index is 13.4. The van der Waals surface area contributed by atoms with E-state index in [1.807, 2.05) is 41.1 Å². The Morgan fingerprint density at radius 1 is 1.19 bits per heavy atom. The smallest absolute Gasteiger partial charge is 0.289 e. The molecule has 3 aromatic rings. The minimum atomic E-state index is -0.527. The van der Waals surface area contributed by atoms with E-state index < -0.39 is 5.54 Å². The lowest BCUT2D eigenvalue weighted by Gasteiger charge is -2.34. The molecule has 1 saturated heterocycles. The van der Waals surface area contributed by atoms with Crippen molar-refractivity contribution >= 4 is 29.4 Å². The molecule has 2 aromatic heterocycles. The van der Waals surface area contributed by atoms with Crippen LogP contribution in [0.3, 0.4) is 0 Å². The molecule has 0 saturated carbocycles. The molecule has 2 aliphatic heterocycles. The molecule has 36 heavy (non-hydrogen) atoms. The number of nitrogens with zero attached hydrogens (tertiary/aromatic N) is 6. The zero-order valence-corrected chi connectivity index (χ0v) is 21.1. The van der Waals surface area contributed by atoms with Gasteiger partial charge in [0.25, 0.3) is 11.8 Å². The fourth-order valence-corrected chi connectivity index (χ4v) is 5.22. The van der Waals surface area contributed by atoms with E-state index in [0.717, 1.165) is 35.3 Å². The van der Waals surface area contributed by atoms with Gasteiger partial charge in [0.05, 0.1) is 29.3 Å². The molecular weight excluding hydrogens is 454 g/mol. The van der Waals surface area contributed by atoms with Gasteiger partial charge in [0.1, 0.15) is 0 Å². The van der Waals surface area contributed by atoms with Crippen molar-refractivity contribution in [2.75, 3.05) is 30.4 Å². The molecule has 0 atom stereocenters. The van der Waals surface area contributed by atoms with Gasteiger partial charge in [-0.25, -0.2) is 4.98 Å². The normalized spacial score (nSPS) is 17.6. The SMILES string of the molecule is C/N=C/c1ccc2c(c1)C(C)(C)N(c1cncc(NC3CCN(C(=O)c4nccn4C)CC3)c1)C2=O. The number of aromatic nitrogens is 3. The van der Waals surface area contributed by atoms with Crippen LogP contribution in [0, 0.1) is 0 Å². The summed E-state index contributed by atoms with van der Waals surface area (Å²) in [5, 5.41) is 3.56. The monoisotopic (exact) mass is 485 g/mol. The first-order valence-electron chi connectivity index (χ1n) is 12.2. The topological polar surface area (TPSA) is 95.7 Å². The highest BCUT2D eigenvalue weighted by Crippen LogP contribution is 2.42. The lowest BCUT2D eigenvalue weighted by atomic mass is 9.92. The largest absolute Gasteiger partial charge is 0.381 e. The van der Waals surface area contributed by atoms with Gasteiger partial charge in [0.2, 0.25) is 0 Å². The molecule has 0 bridgehead atoms. The van der Waals surface area contributed by atoms with Gasteiger partial charge in [-0.1, -0.05) is 6.07 Å². The van der Waals surface area contributed by atoms with Crippen molar-refractivity contribution in [3.8, 4) is 0 Å². The van der Waals surface area contributed by atoms with Crippen LogP contribution in [-0.2, 0) is 12.6 Å². The van der Waals surface area contributed by atoms with Crippen molar-refractivity contribution in [3.63, 3.8) is 0 Å². The van der Waals surface area contributed by atoms with Gasteiger partial charge in [-0.3, -0.25) is 24.5 Å². The van der Waals surface area contributed by atoms with Crippen LogP contribution < -0.4 is 10.2 Å². The van der Waals surface area contributed by atoms with Crippen molar-refractivity contribution in [2.24, 2.45) is 12.0 Å². The Hall–Kier alpha value is -4.01. The Balaban J connectivity index is 1.29. The molecule has 2 aliphatic rings. The molecule has 0 unspecified atom stereocenters. The standard InChI is InChI=1S/C27H31N7O2/c1-27(2)23-13-18(15-28-3)5-6-22(23)25(35)34(27)21-14-20(16-29-17-21)31-19-7-10-33(11-8-19)26(36)24-30-9-12-32(24)4/h5-6,9,12-17,19,31H,7-8,10-11H2,1-4H3/b28-15+. The first-order chi connectivity index (χ1) is 17.3. The summed E-state index contributed by atoms with van der Waals surface area (Å²) in [4.78, 5) is 42.6. The van der Waals surface area contributed by atoms with Gasteiger partial charge in [-0.05, 0) is 56.0 Å². The predicted molar refractivity (Wildman–Crippen MR) is 140 cm³/mol. The second kappa shape index (κ2) is 9.22. The fraction of sp³-hybridized carbons (Fsp3) is 0.370. The van der Waals surface area contributed by atoms with Crippen LogP contribution in [0.2, 0.25) is 0 Å². The number of carbonyl (C=O) groups is 2. The Labute approximate surface area is 210 Å². The first kappa shape index (κ1) is 23.7. The van der Waals surface area contributed by atoms with Crippen LogP contribution in [0.25, 0.3) is 0 Å². The Kier molecular flexibility index (Phi) is 6.07. The van der Waals surface area contributed by atoms with Crippen molar-refractivity contribution in [3.05, 3.63) is 71.6 Å². The molecular formula is C27H31N7O2. The molecule has 9 heteroatoms. The lowest BCUT2D eigenvalue weighted by Crippen LogP contribution is -2.43. The van der Waals surface area contributed by atoms with Gasteiger partial charge >= 0.3 is 0 Å². The predicted octanol–water partition coefficient (Wildman–Crippen LogP) is 3.48. The van der Waals surface area contributed by atoms with Gasteiger partial charge in [-0.15, -0.1) is 0 Å². The second-order valence-corrected chi connectivity index (χ2v) is 9.90. The summed E-state index contributed by atoms with van der Waals surface area (Å²) in [5.41, 5.74) is 3.74. The number of pyridine rings is 1. The van der Waals surface area contributed by atoms with E-state index in [1.165, 1.54) is 0 Å².